The van der Waals surface area contributed by atoms with Crippen molar-refractivity contribution >= 4 is 0 Å². The van der Waals surface area contributed by atoms with Crippen LogP contribution in [0.4, 0.5) is 0 Å². The quantitative estimate of drug-likeness (QED) is 0.767. The Morgan fingerprint density at radius 3 is 2.47 bits per heavy atom. The van der Waals surface area contributed by atoms with Crippen LogP contribution in [0.3, 0.4) is 0 Å². The fraction of sp³-hybridized carbons (Fsp3) is 1.00. The summed E-state index contributed by atoms with van der Waals surface area (Å²) in [5.41, 5.74) is 0.233. The predicted molar refractivity (Wildman–Crippen MR) is 74.3 cm³/mol. The molecule has 0 bridgehead atoms. The average molecular weight is 241 g/mol. The van der Waals surface area contributed by atoms with Crippen molar-refractivity contribution in [3.8, 4) is 0 Å². The molecule has 0 radical (unpaired) electrons. The molecule has 1 aliphatic rings. The van der Waals surface area contributed by atoms with Gasteiger partial charge in [0.2, 0.25) is 0 Å². The highest BCUT2D eigenvalue weighted by atomic mass is 16.5. The van der Waals surface area contributed by atoms with Crippen molar-refractivity contribution in [3.05, 3.63) is 0 Å². The van der Waals surface area contributed by atoms with Crippen LogP contribution in [0.2, 0.25) is 0 Å². The zero-order chi connectivity index (χ0) is 12.9. The van der Waals surface area contributed by atoms with Gasteiger partial charge in [-0.15, -0.1) is 0 Å². The van der Waals surface area contributed by atoms with Crippen molar-refractivity contribution < 1.29 is 4.74 Å². The van der Waals surface area contributed by atoms with E-state index in [-0.39, 0.29) is 5.54 Å². The molecule has 1 N–H and O–H groups in total. The largest absolute Gasteiger partial charge is 0.378 e. The second kappa shape index (κ2) is 6.75. The molecule has 102 valence electrons. The predicted octanol–water partition coefficient (Wildman–Crippen LogP) is 3.61. The van der Waals surface area contributed by atoms with E-state index < -0.39 is 0 Å². The highest BCUT2D eigenvalue weighted by Gasteiger charge is 2.21. The highest BCUT2D eigenvalue weighted by Crippen LogP contribution is 2.23. The molecule has 0 spiro atoms. The lowest BCUT2D eigenvalue weighted by molar-refractivity contribution is 0.0949. The van der Waals surface area contributed by atoms with Gasteiger partial charge < -0.3 is 10.1 Å². The minimum absolute atomic E-state index is 0.233. The average Bonchev–Trinajstić information content (AvgIpc) is 2.68. The van der Waals surface area contributed by atoms with Gasteiger partial charge in [-0.25, -0.2) is 0 Å². The fourth-order valence-electron chi connectivity index (χ4n) is 2.38. The maximum atomic E-state index is 5.71. The second-order valence-electron chi connectivity index (χ2n) is 6.85. The molecule has 0 aromatic heterocycles. The Hall–Kier alpha value is -0.0800. The molecule has 0 saturated carbocycles. The van der Waals surface area contributed by atoms with Gasteiger partial charge in [0.25, 0.3) is 0 Å². The summed E-state index contributed by atoms with van der Waals surface area (Å²) in [6.07, 6.45) is 5.63. The molecule has 2 nitrogen and oxygen atoms in total. The molecule has 1 saturated heterocycles. The summed E-state index contributed by atoms with van der Waals surface area (Å²) in [6, 6.07) is 0. The van der Waals surface area contributed by atoms with Crippen LogP contribution in [0.25, 0.3) is 0 Å². The summed E-state index contributed by atoms with van der Waals surface area (Å²) in [5, 5.41) is 3.64. The molecule has 17 heavy (non-hydrogen) atoms. The van der Waals surface area contributed by atoms with Gasteiger partial charge >= 0.3 is 0 Å². The van der Waals surface area contributed by atoms with Crippen molar-refractivity contribution in [2.45, 2.75) is 71.9 Å². The molecule has 0 aromatic carbocycles. The van der Waals surface area contributed by atoms with Crippen LogP contribution in [0.1, 0.15) is 60.3 Å². The molecule has 2 unspecified atom stereocenters. The molecule has 1 aliphatic heterocycles. The molecule has 0 aliphatic carbocycles. The molecule has 1 fully saturated rings. The monoisotopic (exact) mass is 241 g/mol. The zero-order valence-electron chi connectivity index (χ0n) is 12.4. The Kier molecular flexibility index (Phi) is 5.94. The molecule has 0 amide bonds. The molecule has 1 rings (SSSR count). The standard InChI is InChI=1S/C15H31NO/c1-12(2)13(11-16-15(3,4)5)8-9-14-7-6-10-17-14/h12-14,16H,6-11H2,1-5H3. The molecular weight excluding hydrogens is 210 g/mol. The summed E-state index contributed by atoms with van der Waals surface area (Å²) in [6.45, 7) is 13.5. The van der Waals surface area contributed by atoms with Crippen molar-refractivity contribution in [3.63, 3.8) is 0 Å². The van der Waals surface area contributed by atoms with Gasteiger partial charge in [-0.1, -0.05) is 13.8 Å². The van der Waals surface area contributed by atoms with E-state index in [1.165, 1.54) is 25.7 Å². The first-order chi connectivity index (χ1) is 7.88. The van der Waals surface area contributed by atoms with Gasteiger partial charge in [-0.05, 0) is 64.8 Å². The van der Waals surface area contributed by atoms with E-state index in [9.17, 15) is 0 Å². The lowest BCUT2D eigenvalue weighted by atomic mass is 9.89. The van der Waals surface area contributed by atoms with Gasteiger partial charge in [-0.3, -0.25) is 0 Å². The van der Waals surface area contributed by atoms with Crippen LogP contribution in [0, 0.1) is 11.8 Å². The smallest absolute Gasteiger partial charge is 0.0576 e. The first kappa shape index (κ1) is 15.0. The van der Waals surface area contributed by atoms with Crippen molar-refractivity contribution in [1.82, 2.24) is 5.32 Å². The number of rotatable bonds is 6. The summed E-state index contributed by atoms with van der Waals surface area (Å²) >= 11 is 0. The van der Waals surface area contributed by atoms with Gasteiger partial charge in [0.05, 0.1) is 6.10 Å². The molecule has 2 atom stereocenters. The number of hydrogen-bond donors (Lipinski definition) is 1. The lowest BCUT2D eigenvalue weighted by Crippen LogP contribution is -2.40. The number of nitrogens with one attached hydrogen (secondary N) is 1. The van der Waals surface area contributed by atoms with E-state index in [4.69, 9.17) is 4.74 Å². The van der Waals surface area contributed by atoms with Crippen molar-refractivity contribution in [2.24, 2.45) is 11.8 Å². The first-order valence-electron chi connectivity index (χ1n) is 7.25. The Bertz CT molecular complexity index is 201. The Labute approximate surface area is 108 Å². The van der Waals surface area contributed by atoms with E-state index >= 15 is 0 Å². The molecule has 2 heteroatoms. The summed E-state index contributed by atoms with van der Waals surface area (Å²) < 4.78 is 5.71. The van der Waals surface area contributed by atoms with E-state index in [1.54, 1.807) is 0 Å². The van der Waals surface area contributed by atoms with E-state index in [0.717, 1.165) is 25.0 Å². The van der Waals surface area contributed by atoms with Gasteiger partial charge in [0.1, 0.15) is 0 Å². The maximum absolute atomic E-state index is 5.71. The summed E-state index contributed by atoms with van der Waals surface area (Å²) in [4.78, 5) is 0. The zero-order valence-corrected chi connectivity index (χ0v) is 12.4. The van der Waals surface area contributed by atoms with Crippen LogP contribution in [-0.2, 0) is 4.74 Å². The minimum atomic E-state index is 0.233. The van der Waals surface area contributed by atoms with Gasteiger partial charge in [-0.2, -0.15) is 0 Å². The first-order valence-corrected chi connectivity index (χ1v) is 7.25. The third-order valence-corrected chi connectivity index (χ3v) is 3.72. The Morgan fingerprint density at radius 2 is 2.00 bits per heavy atom. The van der Waals surface area contributed by atoms with E-state index in [0.29, 0.717) is 6.10 Å². The molecule has 1 heterocycles. The van der Waals surface area contributed by atoms with Crippen LogP contribution in [-0.4, -0.2) is 24.8 Å². The highest BCUT2D eigenvalue weighted by molar-refractivity contribution is 4.76. The van der Waals surface area contributed by atoms with Crippen LogP contribution in [0.5, 0.6) is 0 Å². The molecule has 0 aromatic rings. The third-order valence-electron chi connectivity index (χ3n) is 3.72. The van der Waals surface area contributed by atoms with Crippen molar-refractivity contribution in [1.29, 1.82) is 0 Å². The van der Waals surface area contributed by atoms with Crippen LogP contribution < -0.4 is 5.32 Å². The third kappa shape index (κ3) is 6.42. The van der Waals surface area contributed by atoms with Crippen molar-refractivity contribution in [2.75, 3.05) is 13.2 Å². The Balaban J connectivity index is 2.27. The van der Waals surface area contributed by atoms with Crippen LogP contribution in [0.15, 0.2) is 0 Å². The topological polar surface area (TPSA) is 21.3 Å². The molecular formula is C15H31NO. The second-order valence-corrected chi connectivity index (χ2v) is 6.85. The summed E-state index contributed by atoms with van der Waals surface area (Å²) in [5.74, 6) is 1.53. The SMILES string of the molecule is CC(C)C(CCC1CCCO1)CNC(C)(C)C. The lowest BCUT2D eigenvalue weighted by Gasteiger charge is -2.28. The maximum Gasteiger partial charge on any atom is 0.0576 e. The summed E-state index contributed by atoms with van der Waals surface area (Å²) in [7, 11) is 0. The number of hydrogen-bond acceptors (Lipinski definition) is 2. The normalized spacial score (nSPS) is 23.3. The number of ether oxygens (including phenoxy) is 1. The van der Waals surface area contributed by atoms with Gasteiger partial charge in [0, 0.05) is 12.1 Å². The fourth-order valence-corrected chi connectivity index (χ4v) is 2.38. The van der Waals surface area contributed by atoms with E-state index in [2.05, 4.69) is 39.9 Å². The van der Waals surface area contributed by atoms with Crippen LogP contribution >= 0.6 is 0 Å². The van der Waals surface area contributed by atoms with Gasteiger partial charge in [0.15, 0.2) is 0 Å². The Morgan fingerprint density at radius 1 is 1.29 bits per heavy atom. The minimum Gasteiger partial charge on any atom is -0.378 e. The van der Waals surface area contributed by atoms with E-state index in [1.807, 2.05) is 0 Å².